The smallest absolute Gasteiger partial charge is 0.148 e. The summed E-state index contributed by atoms with van der Waals surface area (Å²) in [5, 5.41) is 0. The molecule has 1 atom stereocenters. The minimum atomic E-state index is -2.89. The summed E-state index contributed by atoms with van der Waals surface area (Å²) in [5.74, 6) is 0.224. The van der Waals surface area contributed by atoms with Crippen LogP contribution in [-0.4, -0.2) is 58.1 Å². The fraction of sp³-hybridized carbons (Fsp3) is 0.571. The number of sulfone groups is 1. The van der Waals surface area contributed by atoms with Crippen LogP contribution in [0.3, 0.4) is 0 Å². The molecule has 0 spiro atoms. The highest BCUT2D eigenvalue weighted by Gasteiger charge is 2.26. The predicted octanol–water partition coefficient (Wildman–Crippen LogP) is 0.824. The Morgan fingerprint density at radius 3 is 2.60 bits per heavy atom. The van der Waals surface area contributed by atoms with E-state index in [1.54, 1.807) is 0 Å². The van der Waals surface area contributed by atoms with Crippen LogP contribution in [0.1, 0.15) is 6.42 Å². The number of hydrogen-bond acceptors (Lipinski definition) is 5. The lowest BCUT2D eigenvalue weighted by atomic mass is 10.2. The van der Waals surface area contributed by atoms with Crippen LogP contribution in [0.2, 0.25) is 0 Å². The molecular formula is C14H23N3O2S. The molecule has 0 saturated carbocycles. The molecule has 0 unspecified atom stereocenters. The number of benzene rings is 1. The molecule has 20 heavy (non-hydrogen) atoms. The van der Waals surface area contributed by atoms with Crippen LogP contribution in [0, 0.1) is 0 Å². The molecule has 1 fully saturated rings. The molecule has 1 aliphatic rings. The van der Waals surface area contributed by atoms with Gasteiger partial charge in [0.25, 0.3) is 0 Å². The monoisotopic (exact) mass is 297 g/mol. The molecule has 0 radical (unpaired) electrons. The lowest BCUT2D eigenvalue weighted by Crippen LogP contribution is -2.37. The predicted molar refractivity (Wildman–Crippen MR) is 83.8 cm³/mol. The molecule has 1 aromatic rings. The van der Waals surface area contributed by atoms with Crippen molar-refractivity contribution >= 4 is 21.2 Å². The molecule has 1 aliphatic heterocycles. The summed E-state index contributed by atoms with van der Waals surface area (Å²) >= 11 is 0. The molecule has 0 bridgehead atoms. The Kier molecular flexibility index (Phi) is 4.55. The normalized spacial score (nSPS) is 19.8. The van der Waals surface area contributed by atoms with Gasteiger partial charge in [0.05, 0.1) is 5.75 Å². The van der Waals surface area contributed by atoms with E-state index in [2.05, 4.69) is 9.80 Å². The number of nitrogen functional groups attached to an aromatic ring is 1. The van der Waals surface area contributed by atoms with Gasteiger partial charge in [-0.05, 0) is 37.7 Å². The van der Waals surface area contributed by atoms with Gasteiger partial charge in [0, 0.05) is 43.3 Å². The molecule has 0 amide bonds. The molecule has 1 saturated heterocycles. The van der Waals surface area contributed by atoms with Gasteiger partial charge in [-0.25, -0.2) is 8.42 Å². The van der Waals surface area contributed by atoms with Gasteiger partial charge in [0.15, 0.2) is 0 Å². The SMILES string of the molecule is CN(CCS(C)(=O)=O)[C@@H]1CCN(c2ccc(N)cc2)C1. The zero-order chi connectivity index (χ0) is 14.8. The summed E-state index contributed by atoms with van der Waals surface area (Å²) in [5.41, 5.74) is 7.65. The Morgan fingerprint density at radius 1 is 1.35 bits per heavy atom. The Balaban J connectivity index is 1.90. The summed E-state index contributed by atoms with van der Waals surface area (Å²) in [4.78, 5) is 4.47. The maximum absolute atomic E-state index is 11.2. The molecule has 0 aromatic heterocycles. The van der Waals surface area contributed by atoms with Crippen LogP contribution in [-0.2, 0) is 9.84 Å². The topological polar surface area (TPSA) is 66.6 Å². The minimum Gasteiger partial charge on any atom is -0.399 e. The van der Waals surface area contributed by atoms with E-state index < -0.39 is 9.84 Å². The van der Waals surface area contributed by atoms with E-state index >= 15 is 0 Å². The van der Waals surface area contributed by atoms with E-state index in [9.17, 15) is 8.42 Å². The van der Waals surface area contributed by atoms with Gasteiger partial charge in [-0.2, -0.15) is 0 Å². The van der Waals surface area contributed by atoms with Gasteiger partial charge in [-0.3, -0.25) is 0 Å². The Bertz CT molecular complexity index is 542. The lowest BCUT2D eigenvalue weighted by molar-refractivity contribution is 0.273. The summed E-state index contributed by atoms with van der Waals surface area (Å²) in [7, 11) is -0.886. The first-order valence-electron chi connectivity index (χ1n) is 6.83. The summed E-state index contributed by atoms with van der Waals surface area (Å²) in [6.45, 7) is 2.53. The minimum absolute atomic E-state index is 0.224. The van der Waals surface area contributed by atoms with Crippen molar-refractivity contribution in [2.45, 2.75) is 12.5 Å². The zero-order valence-corrected chi connectivity index (χ0v) is 12.9. The van der Waals surface area contributed by atoms with E-state index in [4.69, 9.17) is 5.73 Å². The zero-order valence-electron chi connectivity index (χ0n) is 12.1. The average Bonchev–Trinajstić information content (AvgIpc) is 2.85. The molecule has 6 heteroatoms. The van der Waals surface area contributed by atoms with Crippen molar-refractivity contribution in [3.05, 3.63) is 24.3 Å². The highest BCUT2D eigenvalue weighted by Crippen LogP contribution is 2.23. The van der Waals surface area contributed by atoms with Gasteiger partial charge in [-0.15, -0.1) is 0 Å². The van der Waals surface area contributed by atoms with E-state index in [0.29, 0.717) is 12.6 Å². The van der Waals surface area contributed by atoms with Crippen molar-refractivity contribution in [2.75, 3.05) is 49.3 Å². The van der Waals surface area contributed by atoms with E-state index in [-0.39, 0.29) is 5.75 Å². The fourth-order valence-corrected chi connectivity index (χ4v) is 3.13. The van der Waals surface area contributed by atoms with Crippen molar-refractivity contribution < 1.29 is 8.42 Å². The van der Waals surface area contributed by atoms with E-state index in [1.165, 1.54) is 11.9 Å². The molecule has 5 nitrogen and oxygen atoms in total. The first-order valence-corrected chi connectivity index (χ1v) is 8.90. The van der Waals surface area contributed by atoms with Crippen molar-refractivity contribution in [3.8, 4) is 0 Å². The average molecular weight is 297 g/mol. The molecular weight excluding hydrogens is 274 g/mol. The Labute approximate surface area is 121 Å². The standard InChI is InChI=1S/C14H23N3O2S/c1-16(9-10-20(2,18)19)14-7-8-17(11-14)13-5-3-12(15)4-6-13/h3-6,14H,7-11,15H2,1-2H3/t14-/m1/s1. The molecule has 2 rings (SSSR count). The molecule has 0 aliphatic carbocycles. The molecule has 112 valence electrons. The van der Waals surface area contributed by atoms with E-state index in [1.807, 2.05) is 31.3 Å². The lowest BCUT2D eigenvalue weighted by Gasteiger charge is -2.25. The Morgan fingerprint density at radius 2 is 2.00 bits per heavy atom. The number of anilines is 2. The summed E-state index contributed by atoms with van der Waals surface area (Å²) in [6.07, 6.45) is 2.35. The quantitative estimate of drug-likeness (QED) is 0.815. The maximum atomic E-state index is 11.2. The number of nitrogens with two attached hydrogens (primary N) is 1. The molecule has 2 N–H and O–H groups in total. The van der Waals surface area contributed by atoms with Crippen molar-refractivity contribution in [1.29, 1.82) is 0 Å². The van der Waals surface area contributed by atoms with Crippen molar-refractivity contribution in [1.82, 2.24) is 4.90 Å². The first kappa shape index (κ1) is 15.1. The van der Waals surface area contributed by atoms with Crippen LogP contribution in [0.5, 0.6) is 0 Å². The second-order valence-corrected chi connectivity index (χ2v) is 7.85. The third-order valence-corrected chi connectivity index (χ3v) is 4.78. The Hall–Kier alpha value is -1.27. The van der Waals surface area contributed by atoms with Crippen molar-refractivity contribution in [2.24, 2.45) is 0 Å². The van der Waals surface area contributed by atoms with Crippen LogP contribution in [0.25, 0.3) is 0 Å². The third-order valence-electron chi connectivity index (χ3n) is 3.86. The number of nitrogens with zero attached hydrogens (tertiary/aromatic N) is 2. The highest BCUT2D eigenvalue weighted by atomic mass is 32.2. The second kappa shape index (κ2) is 6.01. The second-order valence-electron chi connectivity index (χ2n) is 5.59. The van der Waals surface area contributed by atoms with Crippen LogP contribution < -0.4 is 10.6 Å². The third kappa shape index (κ3) is 4.11. The van der Waals surface area contributed by atoms with Crippen molar-refractivity contribution in [3.63, 3.8) is 0 Å². The van der Waals surface area contributed by atoms with Crippen LogP contribution in [0.4, 0.5) is 11.4 Å². The molecule has 1 heterocycles. The highest BCUT2D eigenvalue weighted by molar-refractivity contribution is 7.90. The van der Waals surface area contributed by atoms with Gasteiger partial charge in [0.2, 0.25) is 0 Å². The number of likely N-dealkylation sites (N-methyl/N-ethyl adjacent to an activating group) is 1. The largest absolute Gasteiger partial charge is 0.399 e. The summed E-state index contributed by atoms with van der Waals surface area (Å²) < 4.78 is 22.4. The van der Waals surface area contributed by atoms with Crippen LogP contribution in [0.15, 0.2) is 24.3 Å². The number of hydrogen-bond donors (Lipinski definition) is 1. The van der Waals surface area contributed by atoms with Gasteiger partial charge in [0.1, 0.15) is 9.84 Å². The first-order chi connectivity index (χ1) is 9.35. The fourth-order valence-electron chi connectivity index (χ4n) is 2.51. The maximum Gasteiger partial charge on any atom is 0.148 e. The van der Waals surface area contributed by atoms with E-state index in [0.717, 1.165) is 25.2 Å². The van der Waals surface area contributed by atoms with Gasteiger partial charge in [-0.1, -0.05) is 0 Å². The van der Waals surface area contributed by atoms with Gasteiger partial charge < -0.3 is 15.5 Å². The van der Waals surface area contributed by atoms with Gasteiger partial charge >= 0.3 is 0 Å². The molecule has 1 aromatic carbocycles. The van der Waals surface area contributed by atoms with Crippen LogP contribution >= 0.6 is 0 Å². The summed E-state index contributed by atoms with van der Waals surface area (Å²) in [6, 6.07) is 8.31. The number of rotatable bonds is 5.